The number of carboxylic acid groups (broad SMARTS) is 1. The molecule has 0 bridgehead atoms. The van der Waals surface area contributed by atoms with Crippen LogP contribution in [0.25, 0.3) is 0 Å². The first-order valence-electron chi connectivity index (χ1n) is 5.65. The lowest BCUT2D eigenvalue weighted by molar-refractivity contribution is 0.0696. The minimum absolute atomic E-state index is 0.146. The number of aryl methyl sites for hydroxylation is 1. The lowest BCUT2D eigenvalue weighted by atomic mass is 10.2. The number of aromatic carboxylic acids is 1. The summed E-state index contributed by atoms with van der Waals surface area (Å²) in [5.41, 5.74) is -2.21. The molecule has 0 atom stereocenters. The molecule has 0 aliphatic carbocycles. The van der Waals surface area contributed by atoms with Gasteiger partial charge < -0.3 is 15.0 Å². The predicted octanol–water partition coefficient (Wildman–Crippen LogP) is 2.87. The highest BCUT2D eigenvalue weighted by atomic mass is 79.9. The van der Waals surface area contributed by atoms with Crippen molar-refractivity contribution in [3.8, 4) is 0 Å². The second kappa shape index (κ2) is 5.65. The SMILES string of the molecule is Cn1cc(C(=O)O)c(Nc2ccc(Br)cc2F)c(F)c1=O. The molecule has 0 unspecified atom stereocenters. The third kappa shape index (κ3) is 2.94. The maximum absolute atomic E-state index is 14.0. The van der Waals surface area contributed by atoms with Crippen LogP contribution in [0.1, 0.15) is 10.4 Å². The van der Waals surface area contributed by atoms with Gasteiger partial charge in [0.25, 0.3) is 5.56 Å². The molecule has 0 aliphatic heterocycles. The summed E-state index contributed by atoms with van der Waals surface area (Å²) in [6.45, 7) is 0. The summed E-state index contributed by atoms with van der Waals surface area (Å²) in [6, 6.07) is 3.91. The maximum atomic E-state index is 14.0. The van der Waals surface area contributed by atoms with Gasteiger partial charge in [-0.2, -0.15) is 4.39 Å². The number of carboxylic acids is 1. The molecular weight excluding hydrogens is 350 g/mol. The Morgan fingerprint density at radius 3 is 2.62 bits per heavy atom. The average Bonchev–Trinajstić information content (AvgIpc) is 2.41. The summed E-state index contributed by atoms with van der Waals surface area (Å²) in [5, 5.41) is 11.4. The number of benzene rings is 1. The summed E-state index contributed by atoms with van der Waals surface area (Å²) in [7, 11) is 1.22. The van der Waals surface area contributed by atoms with E-state index in [0.29, 0.717) is 4.47 Å². The zero-order chi connectivity index (χ0) is 15.7. The second-order valence-corrected chi connectivity index (χ2v) is 5.12. The molecule has 0 amide bonds. The van der Waals surface area contributed by atoms with Crippen LogP contribution in [0.3, 0.4) is 0 Å². The number of carbonyl (C=O) groups is 1. The maximum Gasteiger partial charge on any atom is 0.339 e. The van der Waals surface area contributed by atoms with Crippen molar-refractivity contribution in [2.24, 2.45) is 7.05 Å². The van der Waals surface area contributed by atoms with Crippen LogP contribution < -0.4 is 10.9 Å². The fourth-order valence-corrected chi connectivity index (χ4v) is 2.04. The first kappa shape index (κ1) is 15.2. The van der Waals surface area contributed by atoms with Crippen molar-refractivity contribution in [2.75, 3.05) is 5.32 Å². The van der Waals surface area contributed by atoms with Crippen LogP contribution in [0.4, 0.5) is 20.2 Å². The molecule has 5 nitrogen and oxygen atoms in total. The number of nitrogens with one attached hydrogen (secondary N) is 1. The minimum atomic E-state index is -1.44. The van der Waals surface area contributed by atoms with E-state index in [4.69, 9.17) is 5.11 Å². The molecule has 21 heavy (non-hydrogen) atoms. The van der Waals surface area contributed by atoms with Crippen molar-refractivity contribution in [1.82, 2.24) is 4.57 Å². The lowest BCUT2D eigenvalue weighted by Gasteiger charge is -2.12. The van der Waals surface area contributed by atoms with Crippen LogP contribution >= 0.6 is 15.9 Å². The largest absolute Gasteiger partial charge is 0.478 e. The Morgan fingerprint density at radius 2 is 2.05 bits per heavy atom. The zero-order valence-corrected chi connectivity index (χ0v) is 12.2. The number of nitrogens with zero attached hydrogens (tertiary/aromatic N) is 1. The molecule has 110 valence electrons. The molecule has 1 aromatic carbocycles. The summed E-state index contributed by atoms with van der Waals surface area (Å²) in [5.74, 6) is -3.45. The lowest BCUT2D eigenvalue weighted by Crippen LogP contribution is -2.24. The number of hydrogen-bond acceptors (Lipinski definition) is 3. The molecule has 0 saturated carbocycles. The van der Waals surface area contributed by atoms with Crippen molar-refractivity contribution in [3.63, 3.8) is 0 Å². The summed E-state index contributed by atoms with van der Waals surface area (Å²) in [6.07, 6.45) is 0.965. The molecule has 0 fully saturated rings. The standard InChI is InChI=1S/C13H9BrF2N2O3/c1-18-5-7(13(20)21)11(10(16)12(18)19)17-9-3-2-6(14)4-8(9)15/h2-5,17H,1H3,(H,20,21). The van der Waals surface area contributed by atoms with Gasteiger partial charge in [-0.1, -0.05) is 15.9 Å². The van der Waals surface area contributed by atoms with E-state index in [2.05, 4.69) is 21.2 Å². The van der Waals surface area contributed by atoms with Crippen LogP contribution in [0.5, 0.6) is 0 Å². The first-order valence-corrected chi connectivity index (χ1v) is 6.45. The number of rotatable bonds is 3. The van der Waals surface area contributed by atoms with Crippen LogP contribution in [-0.4, -0.2) is 15.6 Å². The Labute approximate surface area is 126 Å². The van der Waals surface area contributed by atoms with Gasteiger partial charge in [0.1, 0.15) is 11.4 Å². The van der Waals surface area contributed by atoms with Gasteiger partial charge in [-0.15, -0.1) is 0 Å². The molecule has 2 aromatic rings. The average molecular weight is 359 g/mol. The predicted molar refractivity (Wildman–Crippen MR) is 76.0 cm³/mol. The molecule has 0 saturated heterocycles. The smallest absolute Gasteiger partial charge is 0.339 e. The van der Waals surface area contributed by atoms with Crippen LogP contribution in [0, 0.1) is 11.6 Å². The van der Waals surface area contributed by atoms with E-state index in [0.717, 1.165) is 16.8 Å². The number of pyridine rings is 1. The number of aromatic nitrogens is 1. The molecule has 1 aromatic heterocycles. The summed E-state index contributed by atoms with van der Waals surface area (Å²) >= 11 is 3.07. The van der Waals surface area contributed by atoms with Crippen LogP contribution in [0.15, 0.2) is 33.7 Å². The van der Waals surface area contributed by atoms with Gasteiger partial charge >= 0.3 is 5.97 Å². The van der Waals surface area contributed by atoms with Gasteiger partial charge in [0.05, 0.1) is 11.4 Å². The van der Waals surface area contributed by atoms with Crippen LogP contribution in [-0.2, 0) is 7.05 Å². The molecular formula is C13H9BrF2N2O3. The number of halogens is 3. The highest BCUT2D eigenvalue weighted by Gasteiger charge is 2.20. The normalized spacial score (nSPS) is 10.5. The number of anilines is 2. The first-order chi connectivity index (χ1) is 9.81. The topological polar surface area (TPSA) is 71.3 Å². The van der Waals surface area contributed by atoms with E-state index in [-0.39, 0.29) is 5.69 Å². The Kier molecular flexibility index (Phi) is 4.08. The van der Waals surface area contributed by atoms with E-state index < -0.39 is 34.4 Å². The van der Waals surface area contributed by atoms with Crippen molar-refractivity contribution >= 4 is 33.3 Å². The van der Waals surface area contributed by atoms with Gasteiger partial charge in [0.15, 0.2) is 0 Å². The molecule has 8 heteroatoms. The van der Waals surface area contributed by atoms with Crippen molar-refractivity contribution in [2.45, 2.75) is 0 Å². The van der Waals surface area contributed by atoms with E-state index in [9.17, 15) is 18.4 Å². The Bertz CT molecular complexity index is 790. The monoisotopic (exact) mass is 358 g/mol. The summed E-state index contributed by atoms with van der Waals surface area (Å²) < 4.78 is 29.0. The van der Waals surface area contributed by atoms with Crippen molar-refractivity contribution in [1.29, 1.82) is 0 Å². The quantitative estimate of drug-likeness (QED) is 0.884. The molecule has 0 aliphatic rings. The number of hydrogen-bond donors (Lipinski definition) is 2. The Morgan fingerprint density at radius 1 is 1.38 bits per heavy atom. The Balaban J connectivity index is 2.60. The zero-order valence-electron chi connectivity index (χ0n) is 10.7. The molecule has 0 spiro atoms. The molecule has 2 rings (SSSR count). The third-order valence-corrected chi connectivity index (χ3v) is 3.23. The fourth-order valence-electron chi connectivity index (χ4n) is 1.71. The van der Waals surface area contributed by atoms with Gasteiger partial charge in [-0.3, -0.25) is 4.79 Å². The minimum Gasteiger partial charge on any atom is -0.478 e. The van der Waals surface area contributed by atoms with E-state index in [1.165, 1.54) is 19.2 Å². The van der Waals surface area contributed by atoms with Gasteiger partial charge in [-0.25, -0.2) is 9.18 Å². The van der Waals surface area contributed by atoms with Crippen molar-refractivity contribution in [3.05, 3.63) is 56.4 Å². The van der Waals surface area contributed by atoms with E-state index >= 15 is 0 Å². The molecule has 1 heterocycles. The van der Waals surface area contributed by atoms with E-state index in [1.54, 1.807) is 0 Å². The molecule has 0 radical (unpaired) electrons. The molecule has 2 N–H and O–H groups in total. The Hall–Kier alpha value is -2.22. The fraction of sp³-hybridized carbons (Fsp3) is 0.0769. The highest BCUT2D eigenvalue weighted by molar-refractivity contribution is 9.10. The van der Waals surface area contributed by atoms with Gasteiger partial charge in [-0.05, 0) is 18.2 Å². The second-order valence-electron chi connectivity index (χ2n) is 4.20. The van der Waals surface area contributed by atoms with Crippen LogP contribution in [0.2, 0.25) is 0 Å². The van der Waals surface area contributed by atoms with Gasteiger partial charge in [0.2, 0.25) is 5.82 Å². The third-order valence-electron chi connectivity index (χ3n) is 2.74. The van der Waals surface area contributed by atoms with Crippen molar-refractivity contribution < 1.29 is 18.7 Å². The summed E-state index contributed by atoms with van der Waals surface area (Å²) in [4.78, 5) is 22.7. The van der Waals surface area contributed by atoms with Gasteiger partial charge in [0, 0.05) is 17.7 Å². The highest BCUT2D eigenvalue weighted by Crippen LogP contribution is 2.26. The van der Waals surface area contributed by atoms with E-state index in [1.807, 2.05) is 0 Å².